The molecule has 1 aromatic rings. The normalized spacial score (nSPS) is 27.6. The van der Waals surface area contributed by atoms with Crippen molar-refractivity contribution < 1.29 is 4.39 Å². The lowest BCUT2D eigenvalue weighted by Gasteiger charge is -2.24. The summed E-state index contributed by atoms with van der Waals surface area (Å²) >= 11 is 1.56. The molecule has 78 valence electrons. The molecule has 2 rings (SSSR count). The number of hydrogen-bond donors (Lipinski definition) is 1. The second-order valence-electron chi connectivity index (χ2n) is 3.72. The summed E-state index contributed by atoms with van der Waals surface area (Å²) in [5.41, 5.74) is 0. The minimum Gasteiger partial charge on any atom is -0.357 e. The summed E-state index contributed by atoms with van der Waals surface area (Å²) in [5, 5.41) is 13.1. The van der Waals surface area contributed by atoms with Gasteiger partial charge >= 0.3 is 0 Å². The Bertz CT molecular complexity index is 294. The summed E-state index contributed by atoms with van der Waals surface area (Å²) in [6.07, 6.45) is 2.56. The summed E-state index contributed by atoms with van der Waals surface area (Å²) in [6, 6.07) is 0.384. The van der Waals surface area contributed by atoms with Gasteiger partial charge in [0.15, 0.2) is 0 Å². The first-order valence-corrected chi connectivity index (χ1v) is 5.76. The fourth-order valence-corrected chi connectivity index (χ4v) is 2.40. The van der Waals surface area contributed by atoms with Crippen LogP contribution < -0.4 is 5.32 Å². The quantitative estimate of drug-likeness (QED) is 0.823. The number of aryl methyl sites for hydroxylation is 1. The zero-order valence-corrected chi connectivity index (χ0v) is 8.98. The molecule has 0 unspecified atom stereocenters. The van der Waals surface area contributed by atoms with E-state index in [0.717, 1.165) is 23.0 Å². The Morgan fingerprint density at radius 1 is 1.29 bits per heavy atom. The molecule has 0 amide bonds. The number of aromatic nitrogens is 2. The maximum atomic E-state index is 12.8. The van der Waals surface area contributed by atoms with Gasteiger partial charge in [0.25, 0.3) is 0 Å². The largest absolute Gasteiger partial charge is 0.357 e. The van der Waals surface area contributed by atoms with E-state index in [-0.39, 0.29) is 0 Å². The molecule has 0 aliphatic heterocycles. The fraction of sp³-hybridized carbons (Fsp3) is 0.778. The van der Waals surface area contributed by atoms with Crippen LogP contribution in [0.1, 0.15) is 30.7 Å². The van der Waals surface area contributed by atoms with Crippen LogP contribution in [-0.4, -0.2) is 22.4 Å². The topological polar surface area (TPSA) is 37.8 Å². The molecule has 0 atom stereocenters. The zero-order valence-electron chi connectivity index (χ0n) is 8.16. The van der Waals surface area contributed by atoms with Gasteiger partial charge in [-0.05, 0) is 32.6 Å². The van der Waals surface area contributed by atoms with Gasteiger partial charge in [0.1, 0.15) is 11.2 Å². The molecule has 0 bridgehead atoms. The van der Waals surface area contributed by atoms with Crippen LogP contribution in [0.3, 0.4) is 0 Å². The van der Waals surface area contributed by atoms with Gasteiger partial charge in [-0.2, -0.15) is 0 Å². The first kappa shape index (κ1) is 9.83. The standard InChI is InChI=1S/C9H14FN3S/c1-6-12-13-9(14-6)11-8-4-2-7(10)3-5-8/h7-8H,2-5H2,1H3,(H,11,13). The lowest BCUT2D eigenvalue weighted by Crippen LogP contribution is -2.26. The molecule has 1 N–H and O–H groups in total. The third-order valence-electron chi connectivity index (χ3n) is 2.51. The van der Waals surface area contributed by atoms with E-state index < -0.39 is 6.17 Å². The van der Waals surface area contributed by atoms with Crippen molar-refractivity contribution in [3.8, 4) is 0 Å². The van der Waals surface area contributed by atoms with Crippen molar-refractivity contribution in [3.05, 3.63) is 5.01 Å². The molecule has 0 spiro atoms. The van der Waals surface area contributed by atoms with E-state index in [2.05, 4.69) is 15.5 Å². The molecule has 0 radical (unpaired) electrons. The average Bonchev–Trinajstić information content (AvgIpc) is 2.56. The highest BCUT2D eigenvalue weighted by molar-refractivity contribution is 7.15. The van der Waals surface area contributed by atoms with Crippen molar-refractivity contribution in [3.63, 3.8) is 0 Å². The average molecular weight is 215 g/mol. The van der Waals surface area contributed by atoms with E-state index in [1.807, 2.05) is 6.92 Å². The molecule has 0 aromatic carbocycles. The Hall–Kier alpha value is -0.710. The minimum absolute atomic E-state index is 0.384. The van der Waals surface area contributed by atoms with E-state index >= 15 is 0 Å². The van der Waals surface area contributed by atoms with Crippen LogP contribution >= 0.6 is 11.3 Å². The SMILES string of the molecule is Cc1nnc(NC2CCC(F)CC2)s1. The molecule has 5 heteroatoms. The second kappa shape index (κ2) is 4.21. The molecule has 1 heterocycles. The monoisotopic (exact) mass is 215 g/mol. The Morgan fingerprint density at radius 3 is 2.57 bits per heavy atom. The Kier molecular flexibility index (Phi) is 2.96. The van der Waals surface area contributed by atoms with Crippen molar-refractivity contribution in [2.45, 2.75) is 44.8 Å². The third-order valence-corrected chi connectivity index (χ3v) is 3.28. The van der Waals surface area contributed by atoms with Gasteiger partial charge in [0.2, 0.25) is 5.13 Å². The highest BCUT2D eigenvalue weighted by atomic mass is 32.1. The summed E-state index contributed by atoms with van der Waals surface area (Å²) < 4.78 is 12.8. The number of alkyl halides is 1. The molecule has 1 aliphatic rings. The van der Waals surface area contributed by atoms with Crippen LogP contribution in [0.5, 0.6) is 0 Å². The van der Waals surface area contributed by atoms with Crippen LogP contribution in [0.15, 0.2) is 0 Å². The summed E-state index contributed by atoms with van der Waals surface area (Å²) in [5.74, 6) is 0. The van der Waals surface area contributed by atoms with Crippen molar-refractivity contribution in [1.29, 1.82) is 0 Å². The first-order valence-electron chi connectivity index (χ1n) is 4.95. The maximum Gasteiger partial charge on any atom is 0.205 e. The predicted molar refractivity (Wildman–Crippen MR) is 55.4 cm³/mol. The smallest absolute Gasteiger partial charge is 0.205 e. The van der Waals surface area contributed by atoms with Gasteiger partial charge < -0.3 is 5.32 Å². The van der Waals surface area contributed by atoms with Crippen molar-refractivity contribution in [2.24, 2.45) is 0 Å². The van der Waals surface area contributed by atoms with Gasteiger partial charge in [0, 0.05) is 6.04 Å². The molecule has 1 saturated carbocycles. The Labute approximate surface area is 86.7 Å². The molecule has 1 aliphatic carbocycles. The maximum absolute atomic E-state index is 12.8. The molecular weight excluding hydrogens is 201 g/mol. The van der Waals surface area contributed by atoms with Crippen molar-refractivity contribution >= 4 is 16.5 Å². The van der Waals surface area contributed by atoms with E-state index in [1.165, 1.54) is 0 Å². The highest BCUT2D eigenvalue weighted by Gasteiger charge is 2.20. The van der Waals surface area contributed by atoms with Crippen molar-refractivity contribution in [2.75, 3.05) is 5.32 Å². The molecule has 0 saturated heterocycles. The molecule has 3 nitrogen and oxygen atoms in total. The number of nitrogens with zero attached hydrogens (tertiary/aromatic N) is 2. The number of anilines is 1. The molecular formula is C9H14FN3S. The molecule has 1 aromatic heterocycles. The minimum atomic E-state index is -0.593. The van der Waals surface area contributed by atoms with E-state index in [4.69, 9.17) is 0 Å². The third kappa shape index (κ3) is 2.41. The van der Waals surface area contributed by atoms with E-state index in [9.17, 15) is 4.39 Å². The summed E-state index contributed by atoms with van der Waals surface area (Å²) in [6.45, 7) is 1.93. The molecule has 1 fully saturated rings. The van der Waals surface area contributed by atoms with Gasteiger partial charge in [0.05, 0.1) is 0 Å². The van der Waals surface area contributed by atoms with Crippen LogP contribution in [-0.2, 0) is 0 Å². The van der Waals surface area contributed by atoms with Crippen LogP contribution in [0, 0.1) is 6.92 Å². The number of halogens is 1. The van der Waals surface area contributed by atoms with Gasteiger partial charge in [-0.25, -0.2) is 4.39 Å². The summed E-state index contributed by atoms with van der Waals surface area (Å²) in [7, 11) is 0. The van der Waals surface area contributed by atoms with E-state index in [1.54, 1.807) is 11.3 Å². The van der Waals surface area contributed by atoms with Crippen LogP contribution in [0.2, 0.25) is 0 Å². The lowest BCUT2D eigenvalue weighted by atomic mass is 9.94. The van der Waals surface area contributed by atoms with E-state index in [0.29, 0.717) is 18.9 Å². The Morgan fingerprint density at radius 2 is 2.00 bits per heavy atom. The number of rotatable bonds is 2. The van der Waals surface area contributed by atoms with Crippen molar-refractivity contribution in [1.82, 2.24) is 10.2 Å². The Balaban J connectivity index is 1.86. The van der Waals surface area contributed by atoms with Gasteiger partial charge in [-0.3, -0.25) is 0 Å². The zero-order chi connectivity index (χ0) is 9.97. The van der Waals surface area contributed by atoms with Gasteiger partial charge in [-0.15, -0.1) is 10.2 Å². The first-order chi connectivity index (χ1) is 6.74. The van der Waals surface area contributed by atoms with Crippen LogP contribution in [0.4, 0.5) is 9.52 Å². The number of nitrogens with one attached hydrogen (secondary N) is 1. The second-order valence-corrected chi connectivity index (χ2v) is 4.90. The molecule has 14 heavy (non-hydrogen) atoms. The van der Waals surface area contributed by atoms with Crippen LogP contribution in [0.25, 0.3) is 0 Å². The summed E-state index contributed by atoms with van der Waals surface area (Å²) in [4.78, 5) is 0. The predicted octanol–water partition coefficient (Wildman–Crippen LogP) is 2.54. The highest BCUT2D eigenvalue weighted by Crippen LogP contribution is 2.25. The fourth-order valence-electron chi connectivity index (χ4n) is 1.73. The van der Waals surface area contributed by atoms with Gasteiger partial charge in [-0.1, -0.05) is 11.3 Å². The lowest BCUT2D eigenvalue weighted by molar-refractivity contribution is 0.241. The number of hydrogen-bond acceptors (Lipinski definition) is 4.